The molecule has 0 aromatic heterocycles. The van der Waals surface area contributed by atoms with Gasteiger partial charge in [-0.25, -0.2) is 4.79 Å². The molecule has 90 valence electrons. The summed E-state index contributed by atoms with van der Waals surface area (Å²) < 4.78 is 5.78. The Balaban J connectivity index is 2.12. The molecule has 16 heavy (non-hydrogen) atoms. The molecular formula is C14H22O2. The molecular weight excluding hydrogens is 200 g/mol. The van der Waals surface area contributed by atoms with Gasteiger partial charge >= 0.3 is 5.97 Å². The fourth-order valence-electron chi connectivity index (χ4n) is 2.94. The van der Waals surface area contributed by atoms with Gasteiger partial charge in [0.05, 0.1) is 0 Å². The molecule has 0 aromatic rings. The molecule has 2 rings (SSSR count). The van der Waals surface area contributed by atoms with E-state index in [2.05, 4.69) is 20.4 Å². The first-order chi connectivity index (χ1) is 7.35. The monoisotopic (exact) mass is 222 g/mol. The first-order valence-corrected chi connectivity index (χ1v) is 6.24. The Kier molecular flexibility index (Phi) is 2.64. The first-order valence-electron chi connectivity index (χ1n) is 6.24. The molecule has 2 saturated carbocycles. The molecule has 0 aromatic carbocycles. The number of rotatable bonds is 3. The normalized spacial score (nSPS) is 32.4. The van der Waals surface area contributed by atoms with Gasteiger partial charge in [0.15, 0.2) is 0 Å². The van der Waals surface area contributed by atoms with Crippen LogP contribution in [-0.4, -0.2) is 11.6 Å². The Hall–Kier alpha value is -0.790. The standard InChI is InChI=1S/C14H22O2/c1-10(2)12(15)16-14(11-5-6-11)8-7-13(3,4)9-14/h11H,1,5-9H2,2-4H3. The topological polar surface area (TPSA) is 26.3 Å². The maximum absolute atomic E-state index is 11.7. The summed E-state index contributed by atoms with van der Waals surface area (Å²) in [6, 6.07) is 0. The predicted molar refractivity (Wildman–Crippen MR) is 64.0 cm³/mol. The second-order valence-corrected chi connectivity index (χ2v) is 6.35. The van der Waals surface area contributed by atoms with E-state index in [0.717, 1.165) is 19.3 Å². The van der Waals surface area contributed by atoms with Crippen molar-refractivity contribution in [2.75, 3.05) is 0 Å². The molecule has 2 heteroatoms. The van der Waals surface area contributed by atoms with Crippen LogP contribution in [-0.2, 0) is 9.53 Å². The zero-order valence-corrected chi connectivity index (χ0v) is 10.6. The van der Waals surface area contributed by atoms with E-state index in [4.69, 9.17) is 4.74 Å². The smallest absolute Gasteiger partial charge is 0.333 e. The van der Waals surface area contributed by atoms with Crippen LogP contribution >= 0.6 is 0 Å². The third-order valence-corrected chi connectivity index (χ3v) is 3.97. The van der Waals surface area contributed by atoms with Gasteiger partial charge in [0, 0.05) is 5.57 Å². The van der Waals surface area contributed by atoms with E-state index in [-0.39, 0.29) is 11.6 Å². The summed E-state index contributed by atoms with van der Waals surface area (Å²) >= 11 is 0. The van der Waals surface area contributed by atoms with Crippen LogP contribution in [0, 0.1) is 11.3 Å². The largest absolute Gasteiger partial charge is 0.455 e. The second kappa shape index (κ2) is 3.61. The van der Waals surface area contributed by atoms with Crippen molar-refractivity contribution in [1.29, 1.82) is 0 Å². The SMILES string of the molecule is C=C(C)C(=O)OC1(C2CC2)CCC(C)(C)C1. The van der Waals surface area contributed by atoms with E-state index in [9.17, 15) is 4.79 Å². The van der Waals surface area contributed by atoms with Gasteiger partial charge in [-0.1, -0.05) is 20.4 Å². The highest BCUT2D eigenvalue weighted by atomic mass is 16.6. The van der Waals surface area contributed by atoms with Gasteiger partial charge in [-0.15, -0.1) is 0 Å². The highest BCUT2D eigenvalue weighted by molar-refractivity contribution is 5.87. The zero-order valence-electron chi connectivity index (χ0n) is 10.6. The summed E-state index contributed by atoms with van der Waals surface area (Å²) in [5.74, 6) is 0.405. The van der Waals surface area contributed by atoms with Crippen molar-refractivity contribution in [2.45, 2.75) is 58.5 Å². The lowest BCUT2D eigenvalue weighted by Gasteiger charge is -2.31. The van der Waals surface area contributed by atoms with Crippen LogP contribution in [0.3, 0.4) is 0 Å². The van der Waals surface area contributed by atoms with E-state index in [0.29, 0.717) is 16.9 Å². The van der Waals surface area contributed by atoms with E-state index >= 15 is 0 Å². The molecule has 0 spiro atoms. The molecule has 2 nitrogen and oxygen atoms in total. The lowest BCUT2D eigenvalue weighted by molar-refractivity contribution is -0.157. The molecule has 0 heterocycles. The minimum Gasteiger partial charge on any atom is -0.455 e. The van der Waals surface area contributed by atoms with Crippen molar-refractivity contribution in [3.8, 4) is 0 Å². The van der Waals surface area contributed by atoms with Crippen molar-refractivity contribution in [1.82, 2.24) is 0 Å². The summed E-state index contributed by atoms with van der Waals surface area (Å²) in [4.78, 5) is 11.7. The van der Waals surface area contributed by atoms with Crippen LogP contribution in [0.2, 0.25) is 0 Å². The van der Waals surface area contributed by atoms with E-state index in [1.165, 1.54) is 12.8 Å². The van der Waals surface area contributed by atoms with Crippen LogP contribution < -0.4 is 0 Å². The Morgan fingerprint density at radius 2 is 1.94 bits per heavy atom. The van der Waals surface area contributed by atoms with Crippen LogP contribution in [0.15, 0.2) is 12.2 Å². The Labute approximate surface area is 98.1 Å². The van der Waals surface area contributed by atoms with Gasteiger partial charge < -0.3 is 4.74 Å². The minimum absolute atomic E-state index is 0.167. The van der Waals surface area contributed by atoms with E-state index < -0.39 is 0 Å². The number of esters is 1. The molecule has 1 unspecified atom stereocenters. The van der Waals surface area contributed by atoms with Crippen LogP contribution in [0.4, 0.5) is 0 Å². The number of carbonyl (C=O) groups is 1. The summed E-state index contributed by atoms with van der Waals surface area (Å²) in [6.07, 6.45) is 5.65. The van der Waals surface area contributed by atoms with Gasteiger partial charge in [-0.2, -0.15) is 0 Å². The second-order valence-electron chi connectivity index (χ2n) is 6.35. The molecule has 0 aliphatic heterocycles. The molecule has 0 radical (unpaired) electrons. The number of hydrogen-bond donors (Lipinski definition) is 0. The highest BCUT2D eigenvalue weighted by Gasteiger charge is 2.54. The average molecular weight is 222 g/mol. The molecule has 0 amide bonds. The van der Waals surface area contributed by atoms with Crippen molar-refractivity contribution in [3.63, 3.8) is 0 Å². The molecule has 0 bridgehead atoms. The molecule has 2 fully saturated rings. The van der Waals surface area contributed by atoms with Crippen molar-refractivity contribution in [3.05, 3.63) is 12.2 Å². The highest BCUT2D eigenvalue weighted by Crippen LogP contribution is 2.56. The quantitative estimate of drug-likeness (QED) is 0.540. The number of hydrogen-bond acceptors (Lipinski definition) is 2. The van der Waals surface area contributed by atoms with Gasteiger partial charge in [-0.05, 0) is 50.4 Å². The first kappa shape index (κ1) is 11.7. The van der Waals surface area contributed by atoms with Crippen molar-refractivity contribution >= 4 is 5.97 Å². The Morgan fingerprint density at radius 3 is 2.31 bits per heavy atom. The Morgan fingerprint density at radius 1 is 1.31 bits per heavy atom. The van der Waals surface area contributed by atoms with Crippen LogP contribution in [0.5, 0.6) is 0 Å². The Bertz CT molecular complexity index is 326. The molecule has 0 N–H and O–H groups in total. The van der Waals surface area contributed by atoms with E-state index in [1.54, 1.807) is 6.92 Å². The summed E-state index contributed by atoms with van der Waals surface area (Å²) in [5.41, 5.74) is 0.669. The summed E-state index contributed by atoms with van der Waals surface area (Å²) in [7, 11) is 0. The molecule has 0 saturated heterocycles. The van der Waals surface area contributed by atoms with Gasteiger partial charge in [-0.3, -0.25) is 0 Å². The number of ether oxygens (including phenoxy) is 1. The predicted octanol–water partition coefficient (Wildman–Crippen LogP) is 3.46. The van der Waals surface area contributed by atoms with E-state index in [1.807, 2.05) is 0 Å². The van der Waals surface area contributed by atoms with Crippen molar-refractivity contribution < 1.29 is 9.53 Å². The summed E-state index contributed by atoms with van der Waals surface area (Å²) in [5, 5.41) is 0. The minimum atomic E-state index is -0.204. The van der Waals surface area contributed by atoms with Gasteiger partial charge in [0.1, 0.15) is 5.60 Å². The van der Waals surface area contributed by atoms with Gasteiger partial charge in [0.2, 0.25) is 0 Å². The molecule has 1 atom stereocenters. The fraction of sp³-hybridized carbons (Fsp3) is 0.786. The maximum atomic E-state index is 11.7. The molecule has 2 aliphatic rings. The average Bonchev–Trinajstić information content (AvgIpc) is 2.93. The third-order valence-electron chi connectivity index (χ3n) is 3.97. The summed E-state index contributed by atoms with van der Waals surface area (Å²) in [6.45, 7) is 9.93. The fourth-order valence-corrected chi connectivity index (χ4v) is 2.94. The lowest BCUT2D eigenvalue weighted by Crippen LogP contribution is -2.36. The van der Waals surface area contributed by atoms with Crippen LogP contribution in [0.25, 0.3) is 0 Å². The maximum Gasteiger partial charge on any atom is 0.333 e. The van der Waals surface area contributed by atoms with Crippen molar-refractivity contribution in [2.24, 2.45) is 11.3 Å². The lowest BCUT2D eigenvalue weighted by atomic mass is 9.87. The molecule has 2 aliphatic carbocycles. The van der Waals surface area contributed by atoms with Gasteiger partial charge in [0.25, 0.3) is 0 Å². The third kappa shape index (κ3) is 2.16. The zero-order chi connectivity index (χ0) is 12.0. The number of carbonyl (C=O) groups excluding carboxylic acids is 1. The van der Waals surface area contributed by atoms with Crippen LogP contribution in [0.1, 0.15) is 52.9 Å².